The third-order valence-electron chi connectivity index (χ3n) is 10.3. The Morgan fingerprint density at radius 2 is 0.393 bits per heavy atom. The van der Waals surface area contributed by atoms with Crippen molar-refractivity contribution in [2.75, 3.05) is 0 Å². The summed E-state index contributed by atoms with van der Waals surface area (Å²) in [5.41, 5.74) is 0. The maximum atomic E-state index is 4.00. The molecule has 0 saturated heterocycles. The Morgan fingerprint density at radius 3 is 0.590 bits per heavy atom. The van der Waals surface area contributed by atoms with Gasteiger partial charge in [0.15, 0.2) is 0 Å². The Kier molecular flexibility index (Phi) is 16.0. The second kappa shape index (κ2) is 22.1. The monoisotopic (exact) mass is 899 g/mol. The predicted molar refractivity (Wildman–Crippen MR) is 268 cm³/mol. The van der Waals surface area contributed by atoms with Gasteiger partial charge < -0.3 is 0 Å². The van der Waals surface area contributed by atoms with E-state index in [9.17, 15) is 0 Å². The molecule has 9 rings (SSSR count). The van der Waals surface area contributed by atoms with Crippen LogP contribution in [0, 0.1) is 0 Å². The molecule has 0 fully saturated rings. The average molecular weight is 900 g/mol. The Labute approximate surface area is 377 Å². The Morgan fingerprint density at radius 1 is 0.230 bits per heavy atom. The maximum Gasteiger partial charge on any atom is 2.00 e. The van der Waals surface area contributed by atoms with Crippen LogP contribution in [-0.4, -0.2) is 8.80 Å². The number of nitrogens with two attached hydrogens (primary N) is 2. The van der Waals surface area contributed by atoms with E-state index >= 15 is 0 Å². The molecule has 0 unspecified atom stereocenters. The molecule has 0 amide bonds. The van der Waals surface area contributed by atoms with Crippen LogP contribution in [0.1, 0.15) is 0 Å². The molecule has 2 nitrogen and oxygen atoms in total. The van der Waals surface area contributed by atoms with Crippen LogP contribution in [0.15, 0.2) is 255 Å². The molecule has 0 heterocycles. The first kappa shape index (κ1) is 44.0. The van der Waals surface area contributed by atoms with Gasteiger partial charge in [0.2, 0.25) is 0 Å². The number of benzene rings is 9. The Hall–Kier alpha value is -5.07. The number of rotatable bonds is 12. The van der Waals surface area contributed by atoms with Gasteiger partial charge in [-0.05, 0) is 71.5 Å². The fourth-order valence-corrected chi connectivity index (χ4v) is 19.5. The van der Waals surface area contributed by atoms with E-state index in [-0.39, 0.29) is 17.1 Å². The summed E-state index contributed by atoms with van der Waals surface area (Å²) in [5.74, 6) is 8.00. The minimum absolute atomic E-state index is 0. The minimum Gasteiger partial charge on any atom is -0.274 e. The first-order chi connectivity index (χ1) is 29.8. The summed E-state index contributed by atoms with van der Waals surface area (Å²) in [4.78, 5) is 0. The standard InChI is InChI=1S/C54H42P3Si.Fe.H4N2/c1-7-25-43(26-8-1)55(44-27-9-2-10-28-44)49-37-19-22-40-52(49)58(53-41-23-20-38-50(53)56(45-29-11-3-12-30-45)46-31-13-4-14-32-46)54-42-24-21-39-51(54)57(47-33-15-5-16-34-47)48-35-17-6-18-36-48;;1-2/h1-42H;;1-2H2/q-1;+2;. The van der Waals surface area contributed by atoms with Crippen molar-refractivity contribution in [2.45, 2.75) is 0 Å². The summed E-state index contributed by atoms with van der Waals surface area (Å²) >= 11 is 0. The molecule has 9 aromatic rings. The fourth-order valence-electron chi connectivity index (χ4n) is 7.82. The molecular formula is C54H46FeN2P3Si+. The van der Waals surface area contributed by atoms with Crippen LogP contribution in [0.4, 0.5) is 0 Å². The van der Waals surface area contributed by atoms with Crippen LogP contribution in [0.3, 0.4) is 0 Å². The Bertz CT molecular complexity index is 2280. The van der Waals surface area contributed by atoms with Gasteiger partial charge in [-0.2, -0.15) is 15.6 Å². The molecule has 0 aromatic heterocycles. The van der Waals surface area contributed by atoms with Gasteiger partial charge in [-0.25, -0.2) is 8.80 Å². The molecule has 0 saturated carbocycles. The van der Waals surface area contributed by atoms with Crippen molar-refractivity contribution in [3.63, 3.8) is 0 Å². The minimum atomic E-state index is -1.69. The van der Waals surface area contributed by atoms with Gasteiger partial charge in [0.05, 0.1) is 0 Å². The van der Waals surface area contributed by atoms with Crippen LogP contribution in [0.25, 0.3) is 0 Å². The van der Waals surface area contributed by atoms with E-state index in [0.29, 0.717) is 0 Å². The van der Waals surface area contributed by atoms with Gasteiger partial charge in [0.1, 0.15) is 0 Å². The maximum absolute atomic E-state index is 4.00. The fraction of sp³-hybridized carbons (Fsp3) is 0. The van der Waals surface area contributed by atoms with Crippen molar-refractivity contribution in [3.05, 3.63) is 255 Å². The van der Waals surface area contributed by atoms with Gasteiger partial charge in [-0.15, -0.1) is 0 Å². The third-order valence-corrected chi connectivity index (χ3v) is 21.4. The zero-order chi connectivity index (χ0) is 40.9. The summed E-state index contributed by atoms with van der Waals surface area (Å²) in [6.07, 6.45) is 0. The molecule has 0 spiro atoms. The summed E-state index contributed by atoms with van der Waals surface area (Å²) in [6.45, 7) is 0. The molecule has 61 heavy (non-hydrogen) atoms. The zero-order valence-electron chi connectivity index (χ0n) is 33.6. The molecule has 4 N–H and O–H groups in total. The SMILES string of the molecule is NN.[Fe+2].c1ccc(P(c2ccccc2)c2ccccc2[Si-](c2ccccc2P(c2ccccc2)c2ccccc2)c2ccccc2P(c2ccccc2)c2ccccc2)cc1. The van der Waals surface area contributed by atoms with E-state index in [1.54, 1.807) is 0 Å². The molecular weight excluding hydrogens is 853 g/mol. The molecule has 0 aliphatic rings. The first-order valence-electron chi connectivity index (χ1n) is 20.0. The Balaban J connectivity index is 0.00000184. The molecule has 0 radical (unpaired) electrons. The van der Waals surface area contributed by atoms with Gasteiger partial charge in [-0.1, -0.05) is 255 Å². The van der Waals surface area contributed by atoms with Crippen molar-refractivity contribution >= 4 is 95.9 Å². The van der Waals surface area contributed by atoms with Crippen molar-refractivity contribution in [2.24, 2.45) is 11.7 Å². The molecule has 0 bridgehead atoms. The van der Waals surface area contributed by atoms with Gasteiger partial charge in [0, 0.05) is 0 Å². The van der Waals surface area contributed by atoms with Crippen molar-refractivity contribution in [3.8, 4) is 0 Å². The quantitative estimate of drug-likeness (QED) is 0.0499. The third kappa shape index (κ3) is 10.0. The molecule has 9 aromatic carbocycles. The van der Waals surface area contributed by atoms with Crippen LogP contribution in [0.5, 0.6) is 0 Å². The zero-order valence-corrected chi connectivity index (χ0v) is 38.4. The van der Waals surface area contributed by atoms with E-state index in [0.717, 1.165) is 0 Å². The molecule has 0 aliphatic carbocycles. The average Bonchev–Trinajstić information content (AvgIpc) is 3.34. The van der Waals surface area contributed by atoms with Crippen LogP contribution >= 0.6 is 23.8 Å². The smallest absolute Gasteiger partial charge is 0.274 e. The summed E-state index contributed by atoms with van der Waals surface area (Å²) in [7, 11) is -4.30. The summed E-state index contributed by atoms with van der Waals surface area (Å²) in [5, 5.41) is 16.9. The molecule has 7 heteroatoms. The van der Waals surface area contributed by atoms with E-state index < -0.39 is 32.6 Å². The second-order valence-electron chi connectivity index (χ2n) is 13.9. The number of hydrazine groups is 1. The van der Waals surface area contributed by atoms with Crippen molar-refractivity contribution in [1.29, 1.82) is 0 Å². The normalized spacial score (nSPS) is 10.8. The van der Waals surface area contributed by atoms with Gasteiger partial charge in [0.25, 0.3) is 0 Å². The predicted octanol–water partition coefficient (Wildman–Crippen LogP) is 6.29. The molecule has 0 aliphatic heterocycles. The largest absolute Gasteiger partial charge is 2.00 e. The van der Waals surface area contributed by atoms with Crippen LogP contribution < -0.4 is 75.0 Å². The van der Waals surface area contributed by atoms with Crippen molar-refractivity contribution in [1.82, 2.24) is 0 Å². The van der Waals surface area contributed by atoms with E-state index in [1.165, 1.54) is 63.3 Å². The number of hydrogen-bond donors (Lipinski definition) is 2. The van der Waals surface area contributed by atoms with Crippen molar-refractivity contribution < 1.29 is 17.1 Å². The van der Waals surface area contributed by atoms with Gasteiger partial charge >= 0.3 is 17.1 Å². The van der Waals surface area contributed by atoms with Gasteiger partial charge in [-0.3, -0.25) is 11.7 Å². The second-order valence-corrected chi connectivity index (χ2v) is 22.9. The topological polar surface area (TPSA) is 52.0 Å². The summed E-state index contributed by atoms with van der Waals surface area (Å²) in [6, 6.07) is 95.6. The first-order valence-corrected chi connectivity index (χ1v) is 25.6. The molecule has 298 valence electrons. The van der Waals surface area contributed by atoms with E-state index in [4.69, 9.17) is 0 Å². The van der Waals surface area contributed by atoms with Crippen LogP contribution in [-0.2, 0) is 17.1 Å². The van der Waals surface area contributed by atoms with E-state index in [1.807, 2.05) is 0 Å². The van der Waals surface area contributed by atoms with E-state index in [2.05, 4.69) is 266 Å². The molecule has 0 atom stereocenters. The van der Waals surface area contributed by atoms with Crippen LogP contribution in [0.2, 0.25) is 0 Å². The summed E-state index contributed by atoms with van der Waals surface area (Å²) < 4.78 is 0. The number of hydrogen-bond acceptors (Lipinski definition) is 2.